The summed E-state index contributed by atoms with van der Waals surface area (Å²) in [6.45, 7) is 4.12. The highest BCUT2D eigenvalue weighted by Gasteiger charge is 2.18. The van der Waals surface area contributed by atoms with Crippen LogP contribution >= 0.6 is 0 Å². The summed E-state index contributed by atoms with van der Waals surface area (Å²) >= 11 is 0. The fraction of sp³-hybridized carbons (Fsp3) is 0.259. The maximum Gasteiger partial charge on any atom is 0.305 e. The van der Waals surface area contributed by atoms with Gasteiger partial charge in [0.25, 0.3) is 0 Å². The molecule has 0 atom stereocenters. The van der Waals surface area contributed by atoms with Crippen LogP contribution in [-0.4, -0.2) is 52.3 Å². The Kier molecular flexibility index (Phi) is 16.1. The van der Waals surface area contributed by atoms with Gasteiger partial charge in [-0.15, -0.1) is 0 Å². The average Bonchev–Trinajstić information content (AvgIpc) is 3.33. The van der Waals surface area contributed by atoms with Gasteiger partial charge in [0.15, 0.2) is 0 Å². The van der Waals surface area contributed by atoms with Crippen molar-refractivity contribution >= 4 is 58.0 Å². The molecule has 0 bridgehead atoms. The molecule has 0 heterocycles. The van der Waals surface area contributed by atoms with E-state index in [0.717, 1.165) is 78.6 Å². The Labute approximate surface area is 376 Å². The fourth-order valence-corrected chi connectivity index (χ4v) is 7.70. The first-order valence-electron chi connectivity index (χ1n) is 21.4. The molecular formula is C54H56N2O8. The summed E-state index contributed by atoms with van der Waals surface area (Å²) in [6, 6.07) is 46.0. The van der Waals surface area contributed by atoms with Crippen molar-refractivity contribution in [3.05, 3.63) is 167 Å². The van der Waals surface area contributed by atoms with Gasteiger partial charge >= 0.3 is 23.9 Å². The van der Waals surface area contributed by atoms with Crippen molar-refractivity contribution in [2.45, 2.75) is 65.2 Å². The van der Waals surface area contributed by atoms with E-state index in [0.29, 0.717) is 51.4 Å². The van der Waals surface area contributed by atoms with E-state index in [9.17, 15) is 19.2 Å². The molecular weight excluding hydrogens is 805 g/mol. The van der Waals surface area contributed by atoms with Crippen LogP contribution in [0, 0.1) is 13.8 Å². The third-order valence-corrected chi connectivity index (χ3v) is 11.5. The van der Waals surface area contributed by atoms with Crippen molar-refractivity contribution in [1.29, 1.82) is 0 Å². The van der Waals surface area contributed by atoms with Gasteiger partial charge in [-0.25, -0.2) is 0 Å². The molecule has 0 N–H and O–H groups in total. The lowest BCUT2D eigenvalue weighted by atomic mass is 10.0. The lowest BCUT2D eigenvalue weighted by Crippen LogP contribution is -2.11. The summed E-state index contributed by atoms with van der Waals surface area (Å²) in [6.07, 6.45) is 3.60. The van der Waals surface area contributed by atoms with Crippen molar-refractivity contribution in [3.8, 4) is 11.1 Å². The van der Waals surface area contributed by atoms with Crippen LogP contribution in [0.5, 0.6) is 0 Å². The number of benzene rings is 6. The van der Waals surface area contributed by atoms with E-state index in [1.807, 2.05) is 24.3 Å². The van der Waals surface area contributed by atoms with Gasteiger partial charge in [0.2, 0.25) is 0 Å². The smallest absolute Gasteiger partial charge is 0.305 e. The molecule has 0 spiro atoms. The van der Waals surface area contributed by atoms with E-state index in [2.05, 4.69) is 133 Å². The minimum atomic E-state index is -0.241. The molecule has 0 aliphatic carbocycles. The predicted octanol–water partition coefficient (Wildman–Crippen LogP) is 11.3. The molecule has 6 aromatic carbocycles. The predicted molar refractivity (Wildman–Crippen MR) is 252 cm³/mol. The molecule has 330 valence electrons. The van der Waals surface area contributed by atoms with Gasteiger partial charge < -0.3 is 28.7 Å². The SMILES string of the molecule is COC(=O)CCc1ccc(N(c2ccc(-c3ccc(N(c4ccc(CCC(=O)OC)cc4)c4ccc(CCC(=O)OC)c(C)c4)cc3)cc2)c2ccc(CCC(=O)OC)c(C)c2)cc1. The van der Waals surface area contributed by atoms with E-state index in [1.165, 1.54) is 28.4 Å². The number of esters is 4. The molecule has 10 heteroatoms. The molecule has 0 aromatic heterocycles. The van der Waals surface area contributed by atoms with Crippen LogP contribution in [0.1, 0.15) is 59.1 Å². The lowest BCUT2D eigenvalue weighted by molar-refractivity contribution is -0.141. The van der Waals surface area contributed by atoms with Crippen molar-refractivity contribution in [2.24, 2.45) is 0 Å². The normalized spacial score (nSPS) is 10.8. The minimum absolute atomic E-state index is 0.237. The molecule has 0 unspecified atom stereocenters. The molecule has 0 saturated carbocycles. The summed E-state index contributed by atoms with van der Waals surface area (Å²) < 4.78 is 19.4. The maximum absolute atomic E-state index is 11.9. The molecule has 0 fully saturated rings. The van der Waals surface area contributed by atoms with E-state index in [4.69, 9.17) is 18.9 Å². The number of nitrogens with zero attached hydrogens (tertiary/aromatic N) is 2. The number of hydrogen-bond acceptors (Lipinski definition) is 10. The molecule has 0 radical (unpaired) electrons. The second kappa shape index (κ2) is 22.2. The number of carbonyl (C=O) groups excluding carboxylic acids is 4. The van der Waals surface area contributed by atoms with Crippen molar-refractivity contribution in [1.82, 2.24) is 0 Å². The molecule has 6 aromatic rings. The van der Waals surface area contributed by atoms with Crippen molar-refractivity contribution in [3.63, 3.8) is 0 Å². The van der Waals surface area contributed by atoms with Crippen molar-refractivity contribution < 1.29 is 38.1 Å². The maximum atomic E-state index is 11.9. The molecule has 6 rings (SSSR count). The average molecular weight is 861 g/mol. The number of ether oxygens (including phenoxy) is 4. The first-order chi connectivity index (χ1) is 31.0. The van der Waals surface area contributed by atoms with E-state index in [-0.39, 0.29) is 23.9 Å². The number of carbonyl (C=O) groups is 4. The van der Waals surface area contributed by atoms with Gasteiger partial charge in [0, 0.05) is 59.8 Å². The van der Waals surface area contributed by atoms with E-state index < -0.39 is 0 Å². The quantitative estimate of drug-likeness (QED) is 0.0576. The number of anilines is 6. The molecule has 0 saturated heterocycles. The molecule has 0 amide bonds. The lowest BCUT2D eigenvalue weighted by Gasteiger charge is -2.27. The molecule has 64 heavy (non-hydrogen) atoms. The van der Waals surface area contributed by atoms with Crippen LogP contribution in [0.3, 0.4) is 0 Å². The van der Waals surface area contributed by atoms with Crippen LogP contribution in [0.15, 0.2) is 133 Å². The topological polar surface area (TPSA) is 112 Å². The Hall–Kier alpha value is -7.20. The highest BCUT2D eigenvalue weighted by molar-refractivity contribution is 5.82. The number of hydrogen-bond donors (Lipinski definition) is 0. The van der Waals surface area contributed by atoms with Crippen LogP contribution < -0.4 is 9.80 Å². The third kappa shape index (κ3) is 12.0. The van der Waals surface area contributed by atoms with Crippen LogP contribution in [0.25, 0.3) is 11.1 Å². The second-order valence-corrected chi connectivity index (χ2v) is 15.6. The first-order valence-corrected chi connectivity index (χ1v) is 21.4. The summed E-state index contributed by atoms with van der Waals surface area (Å²) in [4.78, 5) is 51.8. The summed E-state index contributed by atoms with van der Waals surface area (Å²) in [5.74, 6) is -0.955. The van der Waals surface area contributed by atoms with Crippen molar-refractivity contribution in [2.75, 3.05) is 38.2 Å². The Morgan fingerprint density at radius 2 is 0.625 bits per heavy atom. The molecule has 0 aliphatic rings. The zero-order valence-corrected chi connectivity index (χ0v) is 37.5. The molecule has 0 aliphatic heterocycles. The fourth-order valence-electron chi connectivity index (χ4n) is 7.70. The minimum Gasteiger partial charge on any atom is -0.469 e. The first kappa shape index (κ1) is 46.3. The van der Waals surface area contributed by atoms with Crippen LogP contribution in [0.2, 0.25) is 0 Å². The van der Waals surface area contributed by atoms with Gasteiger partial charge in [-0.3, -0.25) is 19.2 Å². The highest BCUT2D eigenvalue weighted by Crippen LogP contribution is 2.39. The van der Waals surface area contributed by atoms with E-state index in [1.54, 1.807) is 0 Å². The summed E-state index contributed by atoms with van der Waals surface area (Å²) in [5.41, 5.74) is 14.3. The standard InChI is InChI=1S/C54H56N2O8/c1-37-35-49(29-13-41(37)19-33-53(59)63-5)55(45-21-7-39(8-22-45)11-31-51(57)61-3)47-25-15-43(16-26-47)44-17-27-48(28-18-44)56(46-23-9-40(10-24-46)12-32-52(58)62-4)50-30-14-42(38(2)36-50)20-34-54(60)64-6/h7-10,13-18,21-30,35-36H,11-12,19-20,31-34H2,1-6H3. The van der Waals surface area contributed by atoms with Gasteiger partial charge in [0.05, 0.1) is 28.4 Å². The highest BCUT2D eigenvalue weighted by atomic mass is 16.5. The largest absolute Gasteiger partial charge is 0.469 e. The second-order valence-electron chi connectivity index (χ2n) is 15.6. The number of aryl methyl sites for hydroxylation is 6. The monoisotopic (exact) mass is 860 g/mol. The Morgan fingerprint density at radius 1 is 0.359 bits per heavy atom. The van der Waals surface area contributed by atoms with Crippen LogP contribution in [-0.2, 0) is 63.8 Å². The number of rotatable bonds is 19. The zero-order chi connectivity index (χ0) is 45.6. The Morgan fingerprint density at radius 3 is 0.906 bits per heavy atom. The number of methoxy groups -OCH3 is 4. The van der Waals surface area contributed by atoms with Gasteiger partial charge in [-0.2, -0.15) is 0 Å². The zero-order valence-electron chi connectivity index (χ0n) is 37.5. The Balaban J connectivity index is 1.30. The van der Waals surface area contributed by atoms with Crippen LogP contribution in [0.4, 0.5) is 34.1 Å². The third-order valence-electron chi connectivity index (χ3n) is 11.5. The molecule has 10 nitrogen and oxygen atoms in total. The van der Waals surface area contributed by atoms with Gasteiger partial charge in [-0.05, 0) is 157 Å². The van der Waals surface area contributed by atoms with E-state index >= 15 is 0 Å². The van der Waals surface area contributed by atoms with Gasteiger partial charge in [-0.1, -0.05) is 60.7 Å². The Bertz CT molecular complexity index is 2350. The summed E-state index contributed by atoms with van der Waals surface area (Å²) in [5, 5.41) is 0. The summed E-state index contributed by atoms with van der Waals surface area (Å²) in [7, 11) is 5.62. The van der Waals surface area contributed by atoms with Gasteiger partial charge in [0.1, 0.15) is 0 Å².